The Bertz CT molecular complexity index is 736. The predicted molar refractivity (Wildman–Crippen MR) is 90.1 cm³/mol. The third-order valence-corrected chi connectivity index (χ3v) is 4.39. The van der Waals surface area contributed by atoms with Crippen molar-refractivity contribution in [2.75, 3.05) is 26.2 Å². The van der Waals surface area contributed by atoms with Gasteiger partial charge in [-0.15, -0.1) is 0 Å². The molecule has 1 aromatic carbocycles. The van der Waals surface area contributed by atoms with E-state index in [4.69, 9.17) is 0 Å². The Morgan fingerprint density at radius 3 is 2.30 bits per heavy atom. The number of hydrogen-bond donors (Lipinski definition) is 0. The van der Waals surface area contributed by atoms with E-state index in [1.54, 1.807) is 9.80 Å². The van der Waals surface area contributed by atoms with Crippen LogP contribution in [0, 0.1) is 11.8 Å². The van der Waals surface area contributed by atoms with Crippen LogP contribution in [0.4, 0.5) is 0 Å². The molecular weight excluding hydrogens is 308 g/mol. The zero-order valence-electron chi connectivity index (χ0n) is 12.6. The van der Waals surface area contributed by atoms with E-state index in [-0.39, 0.29) is 11.8 Å². The molecule has 0 radical (unpaired) electrons. The molecule has 0 spiro atoms. The van der Waals surface area contributed by atoms with Crippen molar-refractivity contribution in [3.63, 3.8) is 0 Å². The van der Waals surface area contributed by atoms with Crippen LogP contribution in [-0.2, 0) is 4.79 Å². The van der Waals surface area contributed by atoms with Gasteiger partial charge in [-0.05, 0) is 23.6 Å². The highest BCUT2D eigenvalue weighted by molar-refractivity contribution is 7.08. The average Bonchev–Trinajstić information content (AvgIpc) is 3.15. The first-order valence-corrected chi connectivity index (χ1v) is 8.36. The van der Waals surface area contributed by atoms with Gasteiger partial charge in [-0.25, -0.2) is 0 Å². The van der Waals surface area contributed by atoms with E-state index < -0.39 is 0 Å². The lowest BCUT2D eigenvalue weighted by Crippen LogP contribution is -2.50. The molecule has 116 valence electrons. The smallest absolute Gasteiger partial charge is 0.298 e. The molecule has 5 heteroatoms. The number of nitrogens with zero attached hydrogens (tertiary/aromatic N) is 2. The fraction of sp³-hybridized carbons (Fsp3) is 0.222. The Morgan fingerprint density at radius 1 is 0.957 bits per heavy atom. The largest absolute Gasteiger partial charge is 0.335 e. The van der Waals surface area contributed by atoms with Gasteiger partial charge in [0, 0.05) is 43.0 Å². The molecule has 1 aromatic heterocycles. The number of benzene rings is 1. The minimum atomic E-state index is -0.184. The van der Waals surface area contributed by atoms with Crippen molar-refractivity contribution in [2.45, 2.75) is 0 Å². The van der Waals surface area contributed by atoms with Gasteiger partial charge in [0.2, 0.25) is 0 Å². The van der Waals surface area contributed by atoms with Crippen molar-refractivity contribution in [1.82, 2.24) is 9.80 Å². The van der Waals surface area contributed by atoms with E-state index in [1.807, 2.05) is 47.2 Å². The summed E-state index contributed by atoms with van der Waals surface area (Å²) < 4.78 is 0. The zero-order chi connectivity index (χ0) is 16.1. The summed E-state index contributed by atoms with van der Waals surface area (Å²) in [5.41, 5.74) is 1.55. The molecule has 4 nitrogen and oxygen atoms in total. The van der Waals surface area contributed by atoms with Crippen molar-refractivity contribution in [3.05, 3.63) is 58.3 Å². The second kappa shape index (κ2) is 7.12. The van der Waals surface area contributed by atoms with Crippen LogP contribution >= 0.6 is 11.3 Å². The summed E-state index contributed by atoms with van der Waals surface area (Å²) in [5, 5.41) is 3.75. The first-order valence-electron chi connectivity index (χ1n) is 7.41. The Morgan fingerprint density at radius 2 is 1.65 bits per heavy atom. The highest BCUT2D eigenvalue weighted by Crippen LogP contribution is 2.12. The number of thiophene rings is 1. The molecule has 1 aliphatic heterocycles. The molecule has 23 heavy (non-hydrogen) atoms. The van der Waals surface area contributed by atoms with E-state index in [0.717, 1.165) is 11.1 Å². The van der Waals surface area contributed by atoms with Gasteiger partial charge in [0.15, 0.2) is 0 Å². The van der Waals surface area contributed by atoms with Crippen LogP contribution in [0.5, 0.6) is 0 Å². The van der Waals surface area contributed by atoms with Gasteiger partial charge < -0.3 is 9.80 Å². The molecule has 0 bridgehead atoms. The van der Waals surface area contributed by atoms with Gasteiger partial charge in [0.1, 0.15) is 0 Å². The number of hydrogen-bond acceptors (Lipinski definition) is 3. The summed E-state index contributed by atoms with van der Waals surface area (Å²) in [6.07, 6.45) is 0. The van der Waals surface area contributed by atoms with Crippen LogP contribution < -0.4 is 0 Å². The van der Waals surface area contributed by atoms with Crippen molar-refractivity contribution in [2.24, 2.45) is 0 Å². The third-order valence-electron chi connectivity index (χ3n) is 3.71. The van der Waals surface area contributed by atoms with E-state index in [9.17, 15) is 9.59 Å². The second-order valence-electron chi connectivity index (χ2n) is 5.21. The van der Waals surface area contributed by atoms with Gasteiger partial charge in [0.25, 0.3) is 11.8 Å². The third kappa shape index (κ3) is 3.79. The zero-order valence-corrected chi connectivity index (χ0v) is 13.4. The van der Waals surface area contributed by atoms with Gasteiger partial charge >= 0.3 is 0 Å². The molecule has 0 unspecified atom stereocenters. The van der Waals surface area contributed by atoms with E-state index in [2.05, 4.69) is 11.8 Å². The lowest BCUT2D eigenvalue weighted by Gasteiger charge is -2.33. The minimum absolute atomic E-state index is 0.0359. The SMILES string of the molecule is O=C(C#Cc1ccccc1)N1CCN(C(=O)c2ccsc2)CC1. The van der Waals surface area contributed by atoms with Gasteiger partial charge in [-0.3, -0.25) is 9.59 Å². The molecule has 2 heterocycles. The summed E-state index contributed by atoms with van der Waals surface area (Å²) in [6.45, 7) is 2.15. The van der Waals surface area contributed by atoms with Crippen molar-refractivity contribution in [3.8, 4) is 11.8 Å². The molecule has 1 saturated heterocycles. The summed E-state index contributed by atoms with van der Waals surface area (Å²) in [6, 6.07) is 11.3. The monoisotopic (exact) mass is 324 g/mol. The van der Waals surface area contributed by atoms with Gasteiger partial charge in [-0.1, -0.05) is 24.1 Å². The molecule has 0 atom stereocenters. The number of carbonyl (C=O) groups is 2. The number of piperazine rings is 1. The van der Waals surface area contributed by atoms with Gasteiger partial charge in [0.05, 0.1) is 5.56 Å². The number of rotatable bonds is 1. The highest BCUT2D eigenvalue weighted by atomic mass is 32.1. The predicted octanol–water partition coefficient (Wildman–Crippen LogP) is 2.08. The van der Waals surface area contributed by atoms with Crippen LogP contribution in [0.15, 0.2) is 47.2 Å². The molecule has 2 amide bonds. The Kier molecular flexibility index (Phi) is 4.74. The standard InChI is InChI=1S/C18H16N2O2S/c21-17(7-6-15-4-2-1-3-5-15)19-9-11-20(12-10-19)18(22)16-8-13-23-14-16/h1-5,8,13-14H,9-12H2. The molecule has 2 aromatic rings. The summed E-state index contributed by atoms with van der Waals surface area (Å²) in [5.74, 6) is 5.41. The molecule has 0 aliphatic carbocycles. The van der Waals surface area contributed by atoms with Crippen LogP contribution in [0.3, 0.4) is 0 Å². The Hall–Kier alpha value is -2.58. The quantitative estimate of drug-likeness (QED) is 0.754. The van der Waals surface area contributed by atoms with E-state index >= 15 is 0 Å². The topological polar surface area (TPSA) is 40.6 Å². The minimum Gasteiger partial charge on any atom is -0.335 e. The number of carbonyl (C=O) groups excluding carboxylic acids is 2. The fourth-order valence-electron chi connectivity index (χ4n) is 2.41. The molecule has 0 saturated carbocycles. The van der Waals surface area contributed by atoms with Crippen molar-refractivity contribution < 1.29 is 9.59 Å². The molecule has 1 fully saturated rings. The maximum absolute atomic E-state index is 12.2. The summed E-state index contributed by atoms with van der Waals surface area (Å²) in [4.78, 5) is 27.9. The van der Waals surface area contributed by atoms with Crippen LogP contribution in [0.1, 0.15) is 15.9 Å². The Balaban J connectivity index is 1.56. The van der Waals surface area contributed by atoms with E-state index in [1.165, 1.54) is 11.3 Å². The van der Waals surface area contributed by atoms with Crippen LogP contribution in [0.25, 0.3) is 0 Å². The molecular formula is C18H16N2O2S. The van der Waals surface area contributed by atoms with Crippen LogP contribution in [0.2, 0.25) is 0 Å². The summed E-state index contributed by atoms with van der Waals surface area (Å²) in [7, 11) is 0. The van der Waals surface area contributed by atoms with Crippen molar-refractivity contribution >= 4 is 23.2 Å². The normalized spacial score (nSPS) is 14.1. The molecule has 3 rings (SSSR count). The lowest BCUT2D eigenvalue weighted by molar-refractivity contribution is -0.126. The average molecular weight is 324 g/mol. The fourth-order valence-corrected chi connectivity index (χ4v) is 3.04. The first kappa shape index (κ1) is 15.3. The van der Waals surface area contributed by atoms with Crippen LogP contribution in [-0.4, -0.2) is 47.8 Å². The second-order valence-corrected chi connectivity index (χ2v) is 5.99. The van der Waals surface area contributed by atoms with Crippen molar-refractivity contribution in [1.29, 1.82) is 0 Å². The highest BCUT2D eigenvalue weighted by Gasteiger charge is 2.24. The first-order chi connectivity index (χ1) is 11.2. The Labute approximate surface area is 139 Å². The maximum Gasteiger partial charge on any atom is 0.298 e. The molecule has 1 aliphatic rings. The maximum atomic E-state index is 12.2. The van der Waals surface area contributed by atoms with Gasteiger partial charge in [-0.2, -0.15) is 11.3 Å². The lowest BCUT2D eigenvalue weighted by atomic mass is 10.2. The van der Waals surface area contributed by atoms with E-state index in [0.29, 0.717) is 26.2 Å². The summed E-state index contributed by atoms with van der Waals surface area (Å²) >= 11 is 1.51. The molecule has 0 N–H and O–H groups in total. The number of amides is 2.